The van der Waals surface area contributed by atoms with Crippen LogP contribution in [0.1, 0.15) is 0 Å². The minimum absolute atomic E-state index is 2.04. The molecule has 0 aromatic heterocycles. The lowest BCUT2D eigenvalue weighted by molar-refractivity contribution is 0.330. The maximum absolute atomic E-state index is 11.0. The molecule has 60 valence electrons. The van der Waals surface area contributed by atoms with Gasteiger partial charge in [-0.15, -0.1) is 0 Å². The van der Waals surface area contributed by atoms with Crippen molar-refractivity contribution in [2.45, 2.75) is 0 Å². The average molecular weight is 212 g/mol. The molecule has 0 spiro atoms. The van der Waals surface area contributed by atoms with Gasteiger partial charge in [-0.1, -0.05) is 19.4 Å². The molecule has 0 amide bonds. The number of nitrogens with zero attached hydrogens (tertiary/aromatic N) is 1. The fourth-order valence-corrected chi connectivity index (χ4v) is 0. The van der Waals surface area contributed by atoms with Gasteiger partial charge in [0.25, 0.3) is 0 Å². The van der Waals surface area contributed by atoms with Crippen LogP contribution in [0.25, 0.3) is 0 Å². The van der Waals surface area contributed by atoms with E-state index in [-0.39, 0.29) is 0 Å². The van der Waals surface area contributed by atoms with E-state index in [2.05, 4.69) is 23.6 Å². The lowest BCUT2D eigenvalue weighted by atomic mass is 13.9. The summed E-state index contributed by atoms with van der Waals surface area (Å²) < 4.78 is 53.0. The first-order valence-corrected chi connectivity index (χ1v) is 3.88. The molecule has 0 N–H and O–H groups in total. The van der Waals surface area contributed by atoms with E-state index in [1.807, 2.05) is 0 Å². The van der Waals surface area contributed by atoms with Gasteiger partial charge in [-0.05, 0) is 0 Å². The normalized spacial score (nSPS) is 21.3. The van der Waals surface area contributed by atoms with Crippen molar-refractivity contribution in [3.63, 3.8) is 0 Å². The van der Waals surface area contributed by atoms with Crippen LogP contribution in [0, 0.1) is 0 Å². The predicted octanol–water partition coefficient (Wildman–Crippen LogP) is 3.81. The van der Waals surface area contributed by atoms with E-state index in [0.29, 0.717) is 0 Å². The molecule has 0 aliphatic rings. The molecule has 0 aromatic carbocycles. The Kier molecular flexibility index (Phi) is 1.50. The van der Waals surface area contributed by atoms with Gasteiger partial charge < -0.3 is 0 Å². The van der Waals surface area contributed by atoms with Crippen molar-refractivity contribution >= 4 is 34.0 Å². The molecule has 0 saturated carbocycles. The summed E-state index contributed by atoms with van der Waals surface area (Å²) in [5.74, 6) is 0. The third-order valence-corrected chi connectivity index (χ3v) is 2.35. The summed E-state index contributed by atoms with van der Waals surface area (Å²) in [6.45, 7) is 0. The van der Waals surface area contributed by atoms with Crippen LogP contribution < -0.4 is 0 Å². The zero-order valence-electron chi connectivity index (χ0n) is 3.50. The van der Waals surface area contributed by atoms with E-state index in [0.717, 1.165) is 0 Å². The highest BCUT2D eigenvalue weighted by molar-refractivity contribution is 8.44. The maximum Gasteiger partial charge on any atom is 0.371 e. The van der Waals surface area contributed by atoms with Crippen LogP contribution in [-0.4, -0.2) is 3.34 Å². The largest absolute Gasteiger partial charge is 0.371 e. The van der Waals surface area contributed by atoms with Crippen LogP contribution in [-0.2, 0) is 0 Å². The Balaban J connectivity index is 4.76. The van der Waals surface area contributed by atoms with Crippen molar-refractivity contribution in [3.05, 3.63) is 0 Å². The quantitative estimate of drug-likeness (QED) is 0.471. The van der Waals surface area contributed by atoms with Gasteiger partial charge in [-0.3, -0.25) is 0 Å². The van der Waals surface area contributed by atoms with Gasteiger partial charge in [-0.25, -0.2) is 0 Å². The van der Waals surface area contributed by atoms with Crippen LogP contribution in [0.5, 0.6) is 0 Å². The highest BCUT2D eigenvalue weighted by Crippen LogP contribution is 3.00. The molecule has 0 radical (unpaired) electrons. The Morgan fingerprint density at radius 1 is 0.889 bits per heavy atom. The van der Waals surface area contributed by atoms with E-state index in [4.69, 9.17) is 0 Å². The molecule has 0 aromatic rings. The molecule has 0 heterocycles. The third kappa shape index (κ3) is 3.29. The average Bonchev–Trinajstić information content (AvgIpc) is 1.24. The van der Waals surface area contributed by atoms with E-state index in [9.17, 15) is 19.4 Å². The minimum atomic E-state index is -9.75. The standard InChI is InChI=1S/Cl2F5NS/c1-8(2)9(3,4,5,6)7. The van der Waals surface area contributed by atoms with Crippen LogP contribution in [0.2, 0.25) is 0 Å². The van der Waals surface area contributed by atoms with Crippen LogP contribution in [0.3, 0.4) is 0 Å². The summed E-state index contributed by atoms with van der Waals surface area (Å²) in [7, 11) is -9.75. The summed E-state index contributed by atoms with van der Waals surface area (Å²) in [6.07, 6.45) is 0. The molecule has 0 saturated heterocycles. The number of hydrogen-bond acceptors (Lipinski definition) is 1. The molecule has 9 heavy (non-hydrogen) atoms. The van der Waals surface area contributed by atoms with E-state index >= 15 is 0 Å². The molecule has 9 heteroatoms. The first-order valence-electron chi connectivity index (χ1n) is 1.29. The first-order chi connectivity index (χ1) is 3.43. The number of hydrogen-bond donors (Lipinski definition) is 0. The topological polar surface area (TPSA) is 3.24 Å². The third-order valence-electron chi connectivity index (χ3n) is 0.261. The van der Waals surface area contributed by atoms with Crippen LogP contribution in [0.15, 0.2) is 0 Å². The number of halogens is 7. The molecule has 1 nitrogen and oxygen atoms in total. The second-order valence-corrected chi connectivity index (χ2v) is 4.60. The molecule has 0 aliphatic heterocycles. The Bertz CT molecular complexity index is 118. The fourth-order valence-electron chi connectivity index (χ4n) is 0. The molecule has 0 rings (SSSR count). The van der Waals surface area contributed by atoms with Gasteiger partial charge >= 0.3 is 10.4 Å². The second-order valence-electron chi connectivity index (χ2n) is 1.13. The second kappa shape index (κ2) is 1.41. The molecule has 0 fully saturated rings. The zero-order valence-corrected chi connectivity index (χ0v) is 5.83. The molecule has 0 aliphatic carbocycles. The van der Waals surface area contributed by atoms with Gasteiger partial charge in [0.2, 0.25) is 0 Å². The predicted molar refractivity (Wildman–Crippen MR) is 26.7 cm³/mol. The molecule has 0 bridgehead atoms. The Labute approximate surface area is 57.4 Å². The summed E-state index contributed by atoms with van der Waals surface area (Å²) >= 11 is 7.62. The molecule has 0 unspecified atom stereocenters. The van der Waals surface area contributed by atoms with Crippen LogP contribution >= 0.6 is 34.0 Å². The first kappa shape index (κ1) is 9.54. The van der Waals surface area contributed by atoms with E-state index in [1.54, 1.807) is 0 Å². The highest BCUT2D eigenvalue weighted by atomic mass is 35.5. The van der Waals surface area contributed by atoms with E-state index < -0.39 is 13.8 Å². The van der Waals surface area contributed by atoms with Crippen molar-refractivity contribution in [2.24, 2.45) is 0 Å². The lowest BCUT2D eigenvalue weighted by Gasteiger charge is -2.41. The maximum atomic E-state index is 11.0. The van der Waals surface area contributed by atoms with Gasteiger partial charge in [0, 0.05) is 26.9 Å². The van der Waals surface area contributed by atoms with Crippen molar-refractivity contribution in [1.29, 1.82) is 0 Å². The Morgan fingerprint density at radius 3 is 1.00 bits per heavy atom. The molecular formula is Cl2F5NS. The fraction of sp³-hybridized carbons (Fsp3) is 0. The Morgan fingerprint density at radius 2 is 1.00 bits per heavy atom. The smallest absolute Gasteiger partial charge is 0.0830 e. The van der Waals surface area contributed by atoms with Gasteiger partial charge in [0.05, 0.1) is 0 Å². The van der Waals surface area contributed by atoms with Gasteiger partial charge in [0.1, 0.15) is 0 Å². The summed E-state index contributed by atoms with van der Waals surface area (Å²) in [5.41, 5.74) is 0. The van der Waals surface area contributed by atoms with Crippen molar-refractivity contribution < 1.29 is 19.4 Å². The number of rotatable bonds is 1. The monoisotopic (exact) mass is 211 g/mol. The SMILES string of the molecule is FS(F)(F)(F)(F)N(Cl)Cl. The molecule has 0 atom stereocenters. The highest BCUT2D eigenvalue weighted by Gasteiger charge is 2.69. The summed E-state index contributed by atoms with van der Waals surface area (Å²) in [4.78, 5) is 0. The summed E-state index contributed by atoms with van der Waals surface area (Å²) in [6, 6.07) is 0. The lowest BCUT2D eigenvalue weighted by Crippen LogP contribution is -2.16. The van der Waals surface area contributed by atoms with Crippen molar-refractivity contribution in [2.75, 3.05) is 0 Å². The van der Waals surface area contributed by atoms with Gasteiger partial charge in [-0.2, -0.15) is 0 Å². The Hall–Kier alpha value is 0.540. The van der Waals surface area contributed by atoms with Crippen molar-refractivity contribution in [3.8, 4) is 0 Å². The van der Waals surface area contributed by atoms with Crippen molar-refractivity contribution in [1.82, 2.24) is 3.34 Å². The summed E-state index contributed by atoms with van der Waals surface area (Å²) in [5, 5.41) is 0. The zero-order chi connectivity index (χ0) is 7.99. The van der Waals surface area contributed by atoms with E-state index in [1.165, 1.54) is 0 Å². The van der Waals surface area contributed by atoms with Gasteiger partial charge in [0.15, 0.2) is 0 Å². The minimum Gasteiger partial charge on any atom is -0.0830 e. The van der Waals surface area contributed by atoms with Crippen LogP contribution in [0.4, 0.5) is 19.4 Å². The molecular weight excluding hydrogens is 212 g/mol.